The van der Waals surface area contributed by atoms with Gasteiger partial charge < -0.3 is 0 Å². The van der Waals surface area contributed by atoms with Crippen molar-refractivity contribution in [2.75, 3.05) is 11.6 Å². The molecule has 2 aromatic rings. The summed E-state index contributed by atoms with van der Waals surface area (Å²) < 4.78 is 0. The maximum Gasteiger partial charge on any atom is 0.205 e. The summed E-state index contributed by atoms with van der Waals surface area (Å²) in [6, 6.07) is 10.9. The predicted octanol–water partition coefficient (Wildman–Crippen LogP) is 3.90. The van der Waals surface area contributed by atoms with Gasteiger partial charge in [-0.3, -0.25) is 15.4 Å². The fraction of sp³-hybridized carbons (Fsp3) is 0.444. The van der Waals surface area contributed by atoms with Gasteiger partial charge in [0.15, 0.2) is 0 Å². The number of rotatable bonds is 3. The van der Waals surface area contributed by atoms with Crippen LogP contribution in [0.2, 0.25) is 0 Å². The zero-order chi connectivity index (χ0) is 15.6. The Labute approximate surface area is 141 Å². The molecule has 1 atom stereocenters. The molecular weight excluding hydrogens is 304 g/mol. The van der Waals surface area contributed by atoms with Crippen molar-refractivity contribution >= 4 is 22.3 Å². The van der Waals surface area contributed by atoms with Crippen LogP contribution in [0.15, 0.2) is 35.3 Å². The maximum atomic E-state index is 4.93. The van der Waals surface area contributed by atoms with Crippen LogP contribution in [-0.4, -0.2) is 17.4 Å². The Bertz CT molecular complexity index is 684. The van der Waals surface area contributed by atoms with Gasteiger partial charge in [0.25, 0.3) is 0 Å². The number of amidine groups is 1. The van der Waals surface area contributed by atoms with E-state index in [9.17, 15) is 0 Å². The Morgan fingerprint density at radius 2 is 2.09 bits per heavy atom. The van der Waals surface area contributed by atoms with E-state index in [1.165, 1.54) is 35.4 Å². The molecule has 0 bridgehead atoms. The summed E-state index contributed by atoms with van der Waals surface area (Å²) in [5.41, 5.74) is 6.12. The van der Waals surface area contributed by atoms with Crippen molar-refractivity contribution in [1.29, 1.82) is 0 Å². The van der Waals surface area contributed by atoms with E-state index in [2.05, 4.69) is 52.7 Å². The van der Waals surface area contributed by atoms with E-state index in [1.807, 2.05) is 11.3 Å². The Morgan fingerprint density at radius 1 is 1.26 bits per heavy atom. The van der Waals surface area contributed by atoms with Crippen LogP contribution < -0.4 is 10.4 Å². The van der Waals surface area contributed by atoms with Crippen LogP contribution in [0.3, 0.4) is 0 Å². The van der Waals surface area contributed by atoms with Crippen molar-refractivity contribution < 1.29 is 0 Å². The summed E-state index contributed by atoms with van der Waals surface area (Å²) in [4.78, 5) is 11.0. The fourth-order valence-electron chi connectivity index (χ4n) is 3.39. The van der Waals surface area contributed by atoms with Crippen LogP contribution in [0.5, 0.6) is 0 Å². The summed E-state index contributed by atoms with van der Waals surface area (Å²) >= 11 is 1.85. The first-order valence-electron chi connectivity index (χ1n) is 8.48. The summed E-state index contributed by atoms with van der Waals surface area (Å²) in [7, 11) is 0. The first-order valence-corrected chi connectivity index (χ1v) is 9.29. The van der Waals surface area contributed by atoms with Crippen LogP contribution in [0.4, 0.5) is 5.13 Å². The second kappa shape index (κ2) is 6.32. The highest BCUT2D eigenvalue weighted by Gasteiger charge is 2.33. The number of benzene rings is 1. The normalized spacial score (nSPS) is 22.2. The molecule has 0 amide bonds. The van der Waals surface area contributed by atoms with Crippen molar-refractivity contribution in [3.8, 4) is 0 Å². The molecular formula is C18H22N4S. The molecule has 5 heteroatoms. The smallest absolute Gasteiger partial charge is 0.205 e. The summed E-state index contributed by atoms with van der Waals surface area (Å²) in [5.74, 6) is 1.06. The minimum Gasteiger partial charge on any atom is -0.283 e. The van der Waals surface area contributed by atoms with Crippen LogP contribution in [0.1, 0.15) is 48.4 Å². The van der Waals surface area contributed by atoms with E-state index < -0.39 is 0 Å². The van der Waals surface area contributed by atoms with E-state index in [4.69, 9.17) is 4.98 Å². The van der Waals surface area contributed by atoms with E-state index in [0.717, 1.165) is 30.4 Å². The van der Waals surface area contributed by atoms with E-state index in [0.29, 0.717) is 0 Å². The quantitative estimate of drug-likeness (QED) is 0.930. The van der Waals surface area contributed by atoms with Crippen molar-refractivity contribution in [2.45, 2.75) is 45.1 Å². The third kappa shape index (κ3) is 2.85. The number of hydrazine groups is 1. The Balaban J connectivity index is 1.69. The molecule has 4 nitrogen and oxygen atoms in total. The van der Waals surface area contributed by atoms with Gasteiger partial charge in [-0.05, 0) is 38.2 Å². The lowest BCUT2D eigenvalue weighted by molar-refractivity contribution is 0.666. The van der Waals surface area contributed by atoms with Crippen LogP contribution >= 0.6 is 11.3 Å². The summed E-state index contributed by atoms with van der Waals surface area (Å²) in [6.07, 6.45) is 5.81. The molecule has 1 unspecified atom stereocenters. The highest BCUT2D eigenvalue weighted by atomic mass is 32.1. The minimum atomic E-state index is 0.272. The topological polar surface area (TPSA) is 40.5 Å². The SMILES string of the molecule is CCN=C1CC(c2ccccc2)N(c2nc3c(s2)CCCC3)N1. The van der Waals surface area contributed by atoms with Crippen molar-refractivity contribution in [3.05, 3.63) is 46.5 Å². The number of aromatic nitrogens is 1. The molecule has 1 fully saturated rings. The van der Waals surface area contributed by atoms with Crippen molar-refractivity contribution in [2.24, 2.45) is 4.99 Å². The molecule has 1 aromatic heterocycles. The van der Waals surface area contributed by atoms with Gasteiger partial charge in [-0.25, -0.2) is 4.98 Å². The molecule has 0 spiro atoms. The van der Waals surface area contributed by atoms with Crippen LogP contribution in [0.25, 0.3) is 0 Å². The Kier molecular flexibility index (Phi) is 4.04. The highest BCUT2D eigenvalue weighted by Crippen LogP contribution is 2.38. The summed E-state index contributed by atoms with van der Waals surface area (Å²) in [6.45, 7) is 2.89. The number of hydrogen-bond acceptors (Lipinski definition) is 4. The fourth-order valence-corrected chi connectivity index (χ4v) is 4.55. The van der Waals surface area contributed by atoms with Gasteiger partial charge in [0.1, 0.15) is 5.84 Å². The van der Waals surface area contributed by atoms with E-state index in [1.54, 1.807) is 0 Å². The number of thiazole rings is 1. The van der Waals surface area contributed by atoms with E-state index in [-0.39, 0.29) is 6.04 Å². The maximum absolute atomic E-state index is 4.93. The molecule has 4 rings (SSSR count). The Morgan fingerprint density at radius 3 is 2.87 bits per heavy atom. The number of aryl methyl sites for hydroxylation is 2. The minimum absolute atomic E-state index is 0.272. The Hall–Kier alpha value is -1.88. The molecule has 1 aromatic carbocycles. The van der Waals surface area contributed by atoms with Gasteiger partial charge in [0.05, 0.1) is 11.7 Å². The van der Waals surface area contributed by atoms with Gasteiger partial charge in [-0.1, -0.05) is 41.7 Å². The van der Waals surface area contributed by atoms with E-state index >= 15 is 0 Å². The van der Waals surface area contributed by atoms with Crippen LogP contribution in [-0.2, 0) is 12.8 Å². The highest BCUT2D eigenvalue weighted by molar-refractivity contribution is 7.15. The zero-order valence-electron chi connectivity index (χ0n) is 13.5. The van der Waals surface area contributed by atoms with Crippen molar-refractivity contribution in [3.63, 3.8) is 0 Å². The number of hydrogen-bond donors (Lipinski definition) is 1. The molecule has 0 radical (unpaired) electrons. The lowest BCUT2D eigenvalue weighted by atomic mass is 10.0. The first-order chi connectivity index (χ1) is 11.3. The average Bonchev–Trinajstić information content (AvgIpc) is 3.19. The molecule has 1 saturated heterocycles. The number of nitrogens with zero attached hydrogens (tertiary/aromatic N) is 3. The van der Waals surface area contributed by atoms with Gasteiger partial charge in [-0.2, -0.15) is 0 Å². The second-order valence-corrected chi connectivity index (χ2v) is 7.17. The number of fused-ring (bicyclic) bond motifs is 1. The molecule has 2 aliphatic rings. The summed E-state index contributed by atoms with van der Waals surface area (Å²) in [5, 5.41) is 3.32. The number of anilines is 1. The third-order valence-corrected chi connectivity index (χ3v) is 5.68. The van der Waals surface area contributed by atoms with Crippen molar-refractivity contribution in [1.82, 2.24) is 10.4 Å². The van der Waals surface area contributed by atoms with Gasteiger partial charge in [0, 0.05) is 17.8 Å². The number of aliphatic imine (C=N–C) groups is 1. The molecule has 2 heterocycles. The standard InChI is InChI=1S/C18H22N4S/c1-2-19-17-12-15(13-8-4-3-5-9-13)22(21-17)18-20-14-10-6-7-11-16(14)23-18/h3-5,8-9,15H,2,6-7,10-12H2,1H3,(H,19,21). The molecule has 1 N–H and O–H groups in total. The molecule has 120 valence electrons. The molecule has 1 aliphatic heterocycles. The molecule has 0 saturated carbocycles. The second-order valence-electron chi connectivity index (χ2n) is 6.11. The van der Waals surface area contributed by atoms with Gasteiger partial charge in [0.2, 0.25) is 5.13 Å². The van der Waals surface area contributed by atoms with Crippen LogP contribution in [0, 0.1) is 0 Å². The zero-order valence-corrected chi connectivity index (χ0v) is 14.3. The third-order valence-electron chi connectivity index (χ3n) is 4.52. The van der Waals surface area contributed by atoms with Gasteiger partial charge in [-0.15, -0.1) is 0 Å². The first kappa shape index (κ1) is 14.7. The average molecular weight is 326 g/mol. The molecule has 23 heavy (non-hydrogen) atoms. The predicted molar refractivity (Wildman–Crippen MR) is 96.1 cm³/mol. The lowest BCUT2D eigenvalue weighted by Crippen LogP contribution is -2.34. The molecule has 1 aliphatic carbocycles. The van der Waals surface area contributed by atoms with Gasteiger partial charge >= 0.3 is 0 Å². The lowest BCUT2D eigenvalue weighted by Gasteiger charge is -2.23. The number of nitrogens with one attached hydrogen (secondary N) is 1. The largest absolute Gasteiger partial charge is 0.283 e. The monoisotopic (exact) mass is 326 g/mol.